The zero-order chi connectivity index (χ0) is 22.2. The fraction of sp³-hybridized carbons (Fsp3) is 0.185. The molecule has 32 heavy (non-hydrogen) atoms. The van der Waals surface area contributed by atoms with Gasteiger partial charge in [0.1, 0.15) is 24.0 Å². The summed E-state index contributed by atoms with van der Waals surface area (Å²) in [5, 5.41) is 9.64. The van der Waals surface area contributed by atoms with Crippen LogP contribution in [0.2, 0.25) is 0 Å². The molecule has 4 nitrogen and oxygen atoms in total. The lowest BCUT2D eigenvalue weighted by Gasteiger charge is -2.14. The highest BCUT2D eigenvalue weighted by atomic mass is 19.1. The summed E-state index contributed by atoms with van der Waals surface area (Å²) in [5.41, 5.74) is 7.27. The second kappa shape index (κ2) is 7.97. The molecule has 0 radical (unpaired) electrons. The Balaban J connectivity index is 1.61. The van der Waals surface area contributed by atoms with Gasteiger partial charge in [-0.3, -0.25) is 0 Å². The largest absolute Gasteiger partial charge is 0.488 e. The molecule has 0 aliphatic carbocycles. The third kappa shape index (κ3) is 3.34. The van der Waals surface area contributed by atoms with Crippen LogP contribution < -0.4 is 4.74 Å². The second-order valence-electron chi connectivity index (χ2n) is 7.99. The Kier molecular flexibility index (Phi) is 4.99. The number of ether oxygens (including phenoxy) is 1. The van der Waals surface area contributed by atoms with E-state index in [0.29, 0.717) is 24.5 Å². The van der Waals surface area contributed by atoms with E-state index in [1.165, 1.54) is 12.1 Å². The van der Waals surface area contributed by atoms with E-state index >= 15 is 0 Å². The average molecular weight is 423 g/mol. The fourth-order valence-corrected chi connectivity index (χ4v) is 4.45. The first-order valence-electron chi connectivity index (χ1n) is 10.7. The summed E-state index contributed by atoms with van der Waals surface area (Å²) < 4.78 is 22.1. The number of hydrogen-bond donors (Lipinski definition) is 0. The van der Waals surface area contributed by atoms with E-state index < -0.39 is 0 Å². The van der Waals surface area contributed by atoms with Gasteiger partial charge in [-0.05, 0) is 53.9 Å². The molecular formula is C27H22FN3O. The van der Waals surface area contributed by atoms with Crippen LogP contribution in [0.15, 0.2) is 66.2 Å². The Morgan fingerprint density at radius 1 is 1.12 bits per heavy atom. The molecule has 5 heteroatoms. The molecule has 3 aromatic carbocycles. The van der Waals surface area contributed by atoms with Crippen LogP contribution >= 0.6 is 0 Å². The second-order valence-corrected chi connectivity index (χ2v) is 7.99. The minimum Gasteiger partial charge on any atom is -0.488 e. The Morgan fingerprint density at radius 2 is 1.94 bits per heavy atom. The van der Waals surface area contributed by atoms with Crippen molar-refractivity contribution in [3.63, 3.8) is 0 Å². The summed E-state index contributed by atoms with van der Waals surface area (Å²) in [6.07, 6.45) is 0.845. The van der Waals surface area contributed by atoms with Crippen molar-refractivity contribution in [1.29, 1.82) is 5.26 Å². The third-order valence-electron chi connectivity index (χ3n) is 5.97. The van der Waals surface area contributed by atoms with Crippen LogP contribution in [0.5, 0.6) is 5.75 Å². The summed E-state index contributed by atoms with van der Waals surface area (Å²) in [5.74, 6) is 1.14. The lowest BCUT2D eigenvalue weighted by atomic mass is 9.90. The van der Waals surface area contributed by atoms with Crippen molar-refractivity contribution in [2.45, 2.75) is 33.4 Å². The van der Waals surface area contributed by atoms with E-state index in [0.717, 1.165) is 51.1 Å². The number of aromatic nitrogens is 2. The van der Waals surface area contributed by atoms with Crippen LogP contribution in [0.25, 0.3) is 16.6 Å². The number of halogens is 1. The van der Waals surface area contributed by atoms with Crippen LogP contribution in [-0.2, 0) is 19.6 Å². The van der Waals surface area contributed by atoms with Crippen molar-refractivity contribution in [1.82, 2.24) is 9.55 Å². The molecule has 1 aliphatic rings. The van der Waals surface area contributed by atoms with E-state index in [4.69, 9.17) is 9.72 Å². The number of nitriles is 1. The van der Waals surface area contributed by atoms with Gasteiger partial charge < -0.3 is 9.30 Å². The van der Waals surface area contributed by atoms with E-state index in [2.05, 4.69) is 35.8 Å². The van der Waals surface area contributed by atoms with Crippen molar-refractivity contribution in [3.05, 3.63) is 100 Å². The zero-order valence-electron chi connectivity index (χ0n) is 18.0. The molecular weight excluding hydrogens is 401 g/mol. The van der Waals surface area contributed by atoms with Crippen molar-refractivity contribution >= 4 is 16.6 Å². The minimum atomic E-state index is -0.358. The Labute approximate surface area is 186 Å². The van der Waals surface area contributed by atoms with E-state index in [1.807, 2.05) is 24.3 Å². The normalized spacial score (nSPS) is 14.2. The van der Waals surface area contributed by atoms with Gasteiger partial charge in [0.25, 0.3) is 0 Å². The van der Waals surface area contributed by atoms with Crippen LogP contribution in [0.4, 0.5) is 4.39 Å². The van der Waals surface area contributed by atoms with E-state index in [1.54, 1.807) is 13.0 Å². The van der Waals surface area contributed by atoms with Crippen LogP contribution in [0, 0.1) is 17.1 Å². The summed E-state index contributed by atoms with van der Waals surface area (Å²) in [7, 11) is 0. The number of hydrogen-bond acceptors (Lipinski definition) is 3. The topological polar surface area (TPSA) is 50.8 Å². The highest BCUT2D eigenvalue weighted by molar-refractivity contribution is 5.88. The quantitative estimate of drug-likeness (QED) is 0.378. The number of fused-ring (bicyclic) bond motifs is 3. The molecule has 158 valence electrons. The standard InChI is InChI=1S/C27H22FN3O/c1-3-26-30-23-6-4-5-7-24(23)31(26)15-18-8-10-21-19(12-18)16-32-25-13-20(28)9-11-22(25)27(21)17(2)14-29/h4-13H,3,15-16H2,1-2H3/b27-17+. The van der Waals surface area contributed by atoms with Gasteiger partial charge in [-0.2, -0.15) is 5.26 Å². The fourth-order valence-electron chi connectivity index (χ4n) is 4.45. The molecule has 0 spiro atoms. The van der Waals surface area contributed by atoms with Gasteiger partial charge in [-0.1, -0.05) is 31.2 Å². The molecule has 0 saturated heterocycles. The number of rotatable bonds is 3. The predicted octanol–water partition coefficient (Wildman–Crippen LogP) is 6.02. The molecule has 0 atom stereocenters. The van der Waals surface area contributed by atoms with E-state index in [9.17, 15) is 9.65 Å². The molecule has 2 heterocycles. The summed E-state index contributed by atoms with van der Waals surface area (Å²) >= 11 is 0. The maximum absolute atomic E-state index is 13.9. The molecule has 0 unspecified atom stereocenters. The summed E-state index contributed by atoms with van der Waals surface area (Å²) in [6, 6.07) is 21.2. The molecule has 0 saturated carbocycles. The predicted molar refractivity (Wildman–Crippen MR) is 123 cm³/mol. The molecule has 5 rings (SSSR count). The first kappa shape index (κ1) is 20.0. The number of para-hydroxylation sites is 2. The first-order chi connectivity index (χ1) is 15.6. The van der Waals surface area contributed by atoms with Gasteiger partial charge in [0.2, 0.25) is 0 Å². The van der Waals surface area contributed by atoms with Gasteiger partial charge in [0.15, 0.2) is 0 Å². The molecule has 1 aromatic heterocycles. The van der Waals surface area contributed by atoms with Crippen molar-refractivity contribution in [2.24, 2.45) is 0 Å². The van der Waals surface area contributed by atoms with E-state index in [-0.39, 0.29) is 5.82 Å². The smallest absolute Gasteiger partial charge is 0.130 e. The number of aryl methyl sites for hydroxylation is 1. The van der Waals surface area contributed by atoms with Crippen LogP contribution in [-0.4, -0.2) is 9.55 Å². The Hall–Kier alpha value is -3.91. The van der Waals surface area contributed by atoms with Crippen LogP contribution in [0.3, 0.4) is 0 Å². The maximum Gasteiger partial charge on any atom is 0.130 e. The monoisotopic (exact) mass is 423 g/mol. The highest BCUT2D eigenvalue weighted by Gasteiger charge is 2.22. The van der Waals surface area contributed by atoms with Gasteiger partial charge in [-0.25, -0.2) is 9.37 Å². The average Bonchev–Trinajstić information content (AvgIpc) is 3.08. The van der Waals surface area contributed by atoms with Gasteiger partial charge >= 0.3 is 0 Å². The lowest BCUT2D eigenvalue weighted by molar-refractivity contribution is 0.305. The number of nitrogens with zero attached hydrogens (tertiary/aromatic N) is 3. The van der Waals surface area contributed by atoms with Crippen LogP contribution in [0.1, 0.15) is 41.9 Å². The number of allylic oxidation sites excluding steroid dienone is 1. The molecule has 0 bridgehead atoms. The SMILES string of the molecule is CCc1nc2ccccc2n1Cc1ccc2c(c1)COc1cc(F)ccc1/C2=C(\C)C#N. The molecule has 1 aliphatic heterocycles. The third-order valence-corrected chi connectivity index (χ3v) is 5.97. The number of imidazole rings is 1. The Bertz CT molecular complexity index is 1420. The minimum absolute atomic E-state index is 0.313. The van der Waals surface area contributed by atoms with Gasteiger partial charge in [-0.15, -0.1) is 0 Å². The maximum atomic E-state index is 13.9. The zero-order valence-corrected chi connectivity index (χ0v) is 18.0. The van der Waals surface area contributed by atoms with Gasteiger partial charge in [0.05, 0.1) is 17.1 Å². The van der Waals surface area contributed by atoms with Crippen molar-refractivity contribution in [3.8, 4) is 11.8 Å². The summed E-state index contributed by atoms with van der Waals surface area (Å²) in [6.45, 7) is 4.90. The Morgan fingerprint density at radius 3 is 2.75 bits per heavy atom. The molecule has 0 N–H and O–H groups in total. The van der Waals surface area contributed by atoms with Gasteiger partial charge in [0, 0.05) is 35.7 Å². The molecule has 0 fully saturated rings. The van der Waals surface area contributed by atoms with Crippen molar-refractivity contribution in [2.75, 3.05) is 0 Å². The molecule has 0 amide bonds. The first-order valence-corrected chi connectivity index (χ1v) is 10.7. The highest BCUT2D eigenvalue weighted by Crippen LogP contribution is 2.39. The van der Waals surface area contributed by atoms with Crippen molar-refractivity contribution < 1.29 is 9.13 Å². The lowest BCUT2D eigenvalue weighted by Crippen LogP contribution is -2.06. The summed E-state index contributed by atoms with van der Waals surface area (Å²) in [4.78, 5) is 4.77. The number of benzene rings is 3. The molecule has 4 aromatic rings.